The summed E-state index contributed by atoms with van der Waals surface area (Å²) in [4.78, 5) is 0. The Morgan fingerprint density at radius 2 is 2.08 bits per heavy atom. The summed E-state index contributed by atoms with van der Waals surface area (Å²) in [6, 6.07) is 8.14. The molecule has 0 amide bonds. The molecule has 13 heavy (non-hydrogen) atoms. The molecule has 0 bridgehead atoms. The molecule has 66 valence electrons. The normalized spacial score (nSPS) is 19.2. The molecule has 1 fully saturated rings. The molecule has 1 aromatic heterocycles. The van der Waals surface area contributed by atoms with E-state index in [9.17, 15) is 0 Å². The maximum absolute atomic E-state index is 6.13. The van der Waals surface area contributed by atoms with Crippen LogP contribution >= 0.6 is 0 Å². The first-order chi connectivity index (χ1) is 6.30. The summed E-state index contributed by atoms with van der Waals surface area (Å²) in [5, 5.41) is 1.15. The fraction of sp³-hybridized carbons (Fsp3) is 0.273. The first-order valence-electron chi connectivity index (χ1n) is 4.55. The Bertz CT molecular complexity index is 454. The summed E-state index contributed by atoms with van der Waals surface area (Å²) in [6.07, 6.45) is 3.87. The molecule has 2 heteroatoms. The molecule has 0 aliphatic heterocycles. The molecule has 1 aromatic carbocycles. The Hall–Kier alpha value is -1.28. The summed E-state index contributed by atoms with van der Waals surface area (Å²) < 4.78 is 5.44. The van der Waals surface area contributed by atoms with Gasteiger partial charge in [-0.25, -0.2) is 0 Å². The number of furan rings is 1. The zero-order chi connectivity index (χ0) is 8.89. The summed E-state index contributed by atoms with van der Waals surface area (Å²) in [5.74, 6) is 0. The summed E-state index contributed by atoms with van der Waals surface area (Å²) in [5.41, 5.74) is 8.16. The number of nitrogens with two attached hydrogens (primary N) is 1. The summed E-state index contributed by atoms with van der Waals surface area (Å²) in [7, 11) is 0. The van der Waals surface area contributed by atoms with Crippen LogP contribution in [-0.4, -0.2) is 0 Å². The van der Waals surface area contributed by atoms with Crippen LogP contribution in [0.15, 0.2) is 34.9 Å². The van der Waals surface area contributed by atoms with Gasteiger partial charge in [0.05, 0.1) is 6.26 Å². The van der Waals surface area contributed by atoms with Crippen molar-refractivity contribution in [3.8, 4) is 0 Å². The van der Waals surface area contributed by atoms with E-state index in [1.54, 1.807) is 6.26 Å². The van der Waals surface area contributed by atoms with Crippen molar-refractivity contribution in [2.75, 3.05) is 0 Å². The van der Waals surface area contributed by atoms with Crippen molar-refractivity contribution in [3.05, 3.63) is 36.1 Å². The van der Waals surface area contributed by atoms with Crippen molar-refractivity contribution >= 4 is 11.0 Å². The van der Waals surface area contributed by atoms with Gasteiger partial charge in [-0.3, -0.25) is 0 Å². The van der Waals surface area contributed by atoms with Gasteiger partial charge in [0.25, 0.3) is 0 Å². The first-order valence-corrected chi connectivity index (χ1v) is 4.55. The molecule has 0 saturated heterocycles. The lowest BCUT2D eigenvalue weighted by molar-refractivity contribution is 0.600. The van der Waals surface area contributed by atoms with E-state index in [-0.39, 0.29) is 5.54 Å². The van der Waals surface area contributed by atoms with Crippen molar-refractivity contribution in [3.63, 3.8) is 0 Å². The number of fused-ring (bicyclic) bond motifs is 1. The molecular formula is C11H11NO. The maximum Gasteiger partial charge on any atom is 0.138 e. The number of para-hydroxylation sites is 1. The second-order valence-corrected chi connectivity index (χ2v) is 3.80. The Morgan fingerprint density at radius 3 is 2.85 bits per heavy atom. The van der Waals surface area contributed by atoms with E-state index in [0.717, 1.165) is 29.4 Å². The zero-order valence-electron chi connectivity index (χ0n) is 7.29. The maximum atomic E-state index is 6.13. The number of rotatable bonds is 1. The molecule has 0 atom stereocenters. The molecule has 2 nitrogen and oxygen atoms in total. The van der Waals surface area contributed by atoms with Crippen molar-refractivity contribution in [2.45, 2.75) is 18.4 Å². The highest BCUT2D eigenvalue weighted by Crippen LogP contribution is 2.45. The van der Waals surface area contributed by atoms with Gasteiger partial charge in [0, 0.05) is 16.5 Å². The molecule has 1 aliphatic rings. The van der Waals surface area contributed by atoms with Gasteiger partial charge in [-0.1, -0.05) is 18.2 Å². The molecule has 2 N–H and O–H groups in total. The van der Waals surface area contributed by atoms with E-state index in [1.165, 1.54) is 0 Å². The van der Waals surface area contributed by atoms with Crippen molar-refractivity contribution in [1.82, 2.24) is 0 Å². The summed E-state index contributed by atoms with van der Waals surface area (Å²) >= 11 is 0. The zero-order valence-corrected chi connectivity index (χ0v) is 7.29. The van der Waals surface area contributed by atoms with E-state index in [0.29, 0.717) is 0 Å². The SMILES string of the molecule is NC1(c2cccc3ccoc23)CC1. The minimum absolute atomic E-state index is 0.0998. The minimum Gasteiger partial charge on any atom is -0.464 e. The third kappa shape index (κ3) is 0.923. The molecule has 3 rings (SSSR count). The Balaban J connectivity index is 2.33. The van der Waals surface area contributed by atoms with E-state index in [2.05, 4.69) is 6.07 Å². The van der Waals surface area contributed by atoms with Crippen LogP contribution in [0.3, 0.4) is 0 Å². The minimum atomic E-state index is -0.0998. The Labute approximate surface area is 76.3 Å². The standard InChI is InChI=1S/C11H11NO/c12-11(5-6-11)9-3-1-2-8-4-7-13-10(8)9/h1-4,7H,5-6,12H2. The third-order valence-corrected chi connectivity index (χ3v) is 2.80. The van der Waals surface area contributed by atoms with Gasteiger partial charge in [-0.15, -0.1) is 0 Å². The molecule has 1 saturated carbocycles. The second kappa shape index (κ2) is 2.15. The largest absolute Gasteiger partial charge is 0.464 e. The van der Waals surface area contributed by atoms with Gasteiger partial charge in [0.1, 0.15) is 5.58 Å². The van der Waals surface area contributed by atoms with Crippen molar-refractivity contribution in [1.29, 1.82) is 0 Å². The van der Waals surface area contributed by atoms with Crippen LogP contribution in [0.4, 0.5) is 0 Å². The van der Waals surface area contributed by atoms with Crippen LogP contribution in [0.1, 0.15) is 18.4 Å². The smallest absolute Gasteiger partial charge is 0.138 e. The lowest BCUT2D eigenvalue weighted by atomic mass is 10.0. The average Bonchev–Trinajstić information content (AvgIpc) is 2.72. The number of benzene rings is 1. The quantitative estimate of drug-likeness (QED) is 0.719. The third-order valence-electron chi connectivity index (χ3n) is 2.80. The van der Waals surface area contributed by atoms with Crippen molar-refractivity contribution in [2.24, 2.45) is 5.73 Å². The lowest BCUT2D eigenvalue weighted by Gasteiger charge is -2.08. The summed E-state index contributed by atoms with van der Waals surface area (Å²) in [6.45, 7) is 0. The molecule has 1 heterocycles. The highest BCUT2D eigenvalue weighted by atomic mass is 16.3. The number of hydrogen-bond acceptors (Lipinski definition) is 2. The van der Waals surface area contributed by atoms with Crippen molar-refractivity contribution < 1.29 is 4.42 Å². The van der Waals surface area contributed by atoms with Crippen LogP contribution in [-0.2, 0) is 5.54 Å². The van der Waals surface area contributed by atoms with Gasteiger partial charge >= 0.3 is 0 Å². The molecule has 1 aliphatic carbocycles. The molecule has 2 aromatic rings. The van der Waals surface area contributed by atoms with Crippen LogP contribution in [0.5, 0.6) is 0 Å². The van der Waals surface area contributed by atoms with Crippen LogP contribution in [0, 0.1) is 0 Å². The molecule has 0 unspecified atom stereocenters. The van der Waals surface area contributed by atoms with Gasteiger partial charge in [0.2, 0.25) is 0 Å². The molecular weight excluding hydrogens is 162 g/mol. The molecule has 0 spiro atoms. The van der Waals surface area contributed by atoms with E-state index in [1.807, 2.05) is 18.2 Å². The number of hydrogen-bond donors (Lipinski definition) is 1. The average molecular weight is 173 g/mol. The van der Waals surface area contributed by atoms with E-state index in [4.69, 9.17) is 10.2 Å². The van der Waals surface area contributed by atoms with Crippen LogP contribution in [0.2, 0.25) is 0 Å². The van der Waals surface area contributed by atoms with E-state index < -0.39 is 0 Å². The first kappa shape index (κ1) is 7.15. The van der Waals surface area contributed by atoms with E-state index >= 15 is 0 Å². The van der Waals surface area contributed by atoms with Gasteiger partial charge in [-0.2, -0.15) is 0 Å². The monoisotopic (exact) mass is 173 g/mol. The van der Waals surface area contributed by atoms with Crippen LogP contribution < -0.4 is 5.73 Å². The fourth-order valence-electron chi connectivity index (χ4n) is 1.79. The predicted molar refractivity (Wildman–Crippen MR) is 51.3 cm³/mol. The highest BCUT2D eigenvalue weighted by Gasteiger charge is 2.41. The lowest BCUT2D eigenvalue weighted by Crippen LogP contribution is -2.18. The topological polar surface area (TPSA) is 39.2 Å². The Morgan fingerprint density at radius 1 is 1.23 bits per heavy atom. The highest BCUT2D eigenvalue weighted by molar-refractivity contribution is 5.81. The fourth-order valence-corrected chi connectivity index (χ4v) is 1.79. The van der Waals surface area contributed by atoms with Crippen LogP contribution in [0.25, 0.3) is 11.0 Å². The Kier molecular flexibility index (Phi) is 1.18. The van der Waals surface area contributed by atoms with Gasteiger partial charge in [-0.05, 0) is 18.9 Å². The predicted octanol–water partition coefficient (Wildman–Crippen LogP) is 2.38. The van der Waals surface area contributed by atoms with Gasteiger partial charge < -0.3 is 10.2 Å². The van der Waals surface area contributed by atoms with Gasteiger partial charge in [0.15, 0.2) is 0 Å². The second-order valence-electron chi connectivity index (χ2n) is 3.80. The molecule has 0 radical (unpaired) electrons.